The molecule has 0 fully saturated rings. The maximum absolute atomic E-state index is 13.3. The summed E-state index contributed by atoms with van der Waals surface area (Å²) in [7, 11) is 1.24. The predicted molar refractivity (Wildman–Crippen MR) is 51.8 cm³/mol. The van der Waals surface area contributed by atoms with E-state index in [0.717, 1.165) is 5.56 Å². The van der Waals surface area contributed by atoms with Gasteiger partial charge in [0, 0.05) is 0 Å². The zero-order valence-corrected chi connectivity index (χ0v) is 8.13. The van der Waals surface area contributed by atoms with Crippen LogP contribution >= 0.6 is 0 Å². The lowest BCUT2D eigenvalue weighted by Gasteiger charge is -2.09. The number of hydrogen-bond donors (Lipinski definition) is 1. The fourth-order valence-electron chi connectivity index (χ4n) is 1.16. The van der Waals surface area contributed by atoms with Crippen molar-refractivity contribution in [3.63, 3.8) is 0 Å². The Labute approximate surface area is 81.9 Å². The van der Waals surface area contributed by atoms with Crippen LogP contribution in [0.2, 0.25) is 0 Å². The molecule has 1 aromatic carbocycles. The summed E-state index contributed by atoms with van der Waals surface area (Å²) in [5, 5.41) is 2.34. The van der Waals surface area contributed by atoms with Crippen LogP contribution in [0.15, 0.2) is 18.2 Å². The van der Waals surface area contributed by atoms with E-state index in [1.54, 1.807) is 12.1 Å². The smallest absolute Gasteiger partial charge is 0.411 e. The largest absolute Gasteiger partial charge is 0.453 e. The minimum absolute atomic E-state index is 0.196. The van der Waals surface area contributed by atoms with Gasteiger partial charge in [0.1, 0.15) is 5.82 Å². The standard InChI is InChI=1S/C10H12FNO2/c1-3-7-5-4-6-8(11)9(7)12-10(13)14-2/h4-6H,3H2,1-2H3,(H,12,13). The first-order valence-corrected chi connectivity index (χ1v) is 4.31. The van der Waals surface area contributed by atoms with Crippen molar-refractivity contribution < 1.29 is 13.9 Å². The van der Waals surface area contributed by atoms with Crippen LogP contribution in [0.25, 0.3) is 0 Å². The van der Waals surface area contributed by atoms with Crippen molar-refractivity contribution in [2.75, 3.05) is 12.4 Å². The van der Waals surface area contributed by atoms with Crippen LogP contribution in [-0.4, -0.2) is 13.2 Å². The molecule has 0 radical (unpaired) electrons. The van der Waals surface area contributed by atoms with E-state index < -0.39 is 11.9 Å². The summed E-state index contributed by atoms with van der Waals surface area (Å²) in [6, 6.07) is 4.66. The predicted octanol–water partition coefficient (Wildman–Crippen LogP) is 2.57. The molecule has 0 saturated heterocycles. The maximum Gasteiger partial charge on any atom is 0.411 e. The third-order valence-electron chi connectivity index (χ3n) is 1.89. The van der Waals surface area contributed by atoms with E-state index in [2.05, 4.69) is 10.1 Å². The molecule has 0 aromatic heterocycles. The Kier molecular flexibility index (Phi) is 3.45. The van der Waals surface area contributed by atoms with E-state index in [9.17, 15) is 9.18 Å². The monoisotopic (exact) mass is 197 g/mol. The zero-order valence-electron chi connectivity index (χ0n) is 8.13. The first kappa shape index (κ1) is 10.5. The Morgan fingerprint density at radius 2 is 2.29 bits per heavy atom. The lowest BCUT2D eigenvalue weighted by molar-refractivity contribution is 0.186. The molecular formula is C10H12FNO2. The van der Waals surface area contributed by atoms with Gasteiger partial charge in [-0.2, -0.15) is 0 Å². The Balaban J connectivity index is 2.98. The van der Waals surface area contributed by atoms with Gasteiger partial charge in [-0.05, 0) is 18.1 Å². The topological polar surface area (TPSA) is 38.3 Å². The lowest BCUT2D eigenvalue weighted by atomic mass is 10.1. The van der Waals surface area contributed by atoms with Gasteiger partial charge in [0.05, 0.1) is 12.8 Å². The summed E-state index contributed by atoms with van der Waals surface area (Å²) in [6.07, 6.45) is -0.0123. The first-order valence-electron chi connectivity index (χ1n) is 4.31. The highest BCUT2D eigenvalue weighted by atomic mass is 19.1. The Hall–Kier alpha value is -1.58. The molecule has 0 spiro atoms. The highest BCUT2D eigenvalue weighted by Crippen LogP contribution is 2.20. The van der Waals surface area contributed by atoms with Gasteiger partial charge in [0.25, 0.3) is 0 Å². The molecule has 0 atom stereocenters. The van der Waals surface area contributed by atoms with E-state index in [4.69, 9.17) is 0 Å². The third kappa shape index (κ3) is 2.22. The van der Waals surface area contributed by atoms with Crippen LogP contribution in [0.3, 0.4) is 0 Å². The van der Waals surface area contributed by atoms with Crippen LogP contribution in [-0.2, 0) is 11.2 Å². The fourth-order valence-corrected chi connectivity index (χ4v) is 1.16. The van der Waals surface area contributed by atoms with Crippen molar-refractivity contribution in [3.05, 3.63) is 29.6 Å². The fraction of sp³-hybridized carbons (Fsp3) is 0.300. The molecule has 1 N–H and O–H groups in total. The molecule has 0 heterocycles. The summed E-state index contributed by atoms with van der Waals surface area (Å²) < 4.78 is 17.7. The average Bonchev–Trinajstić information content (AvgIpc) is 2.20. The van der Waals surface area contributed by atoms with Gasteiger partial charge in [0.15, 0.2) is 0 Å². The van der Waals surface area contributed by atoms with Crippen LogP contribution in [0.1, 0.15) is 12.5 Å². The van der Waals surface area contributed by atoms with Gasteiger partial charge in [0.2, 0.25) is 0 Å². The van der Waals surface area contributed by atoms with Crippen LogP contribution < -0.4 is 5.32 Å². The second-order valence-corrected chi connectivity index (χ2v) is 2.74. The number of ether oxygens (including phenoxy) is 1. The summed E-state index contributed by atoms with van der Waals surface area (Å²) in [5.41, 5.74) is 0.942. The van der Waals surface area contributed by atoms with Gasteiger partial charge < -0.3 is 4.74 Å². The number of aryl methyl sites for hydroxylation is 1. The van der Waals surface area contributed by atoms with Crippen LogP contribution in [0.4, 0.5) is 14.9 Å². The van der Waals surface area contributed by atoms with Gasteiger partial charge >= 0.3 is 6.09 Å². The van der Waals surface area contributed by atoms with Crippen LogP contribution in [0, 0.1) is 5.82 Å². The number of benzene rings is 1. The first-order chi connectivity index (χ1) is 6.69. The molecule has 0 saturated carbocycles. The van der Waals surface area contributed by atoms with E-state index in [1.807, 2.05) is 6.92 Å². The van der Waals surface area contributed by atoms with Crippen molar-refractivity contribution in [2.24, 2.45) is 0 Å². The molecule has 0 aliphatic heterocycles. The minimum atomic E-state index is -0.662. The van der Waals surface area contributed by atoms with E-state index in [-0.39, 0.29) is 5.69 Å². The number of rotatable bonds is 2. The number of anilines is 1. The molecule has 0 aliphatic carbocycles. The summed E-state index contributed by atoms with van der Waals surface area (Å²) in [5.74, 6) is -0.449. The SMILES string of the molecule is CCc1cccc(F)c1NC(=O)OC. The van der Waals surface area contributed by atoms with Gasteiger partial charge in [-0.1, -0.05) is 19.1 Å². The van der Waals surface area contributed by atoms with Gasteiger partial charge in [-0.15, -0.1) is 0 Å². The number of methoxy groups -OCH3 is 1. The summed E-state index contributed by atoms with van der Waals surface area (Å²) in [6.45, 7) is 1.89. The van der Waals surface area contributed by atoms with E-state index >= 15 is 0 Å². The molecular weight excluding hydrogens is 185 g/mol. The Morgan fingerprint density at radius 3 is 2.86 bits per heavy atom. The molecule has 76 valence electrons. The number of hydrogen-bond acceptors (Lipinski definition) is 2. The van der Waals surface area contributed by atoms with Crippen molar-refractivity contribution >= 4 is 11.8 Å². The lowest BCUT2D eigenvalue weighted by Crippen LogP contribution is -2.13. The van der Waals surface area contributed by atoms with Gasteiger partial charge in [-0.3, -0.25) is 5.32 Å². The molecule has 4 heteroatoms. The molecule has 1 amide bonds. The second-order valence-electron chi connectivity index (χ2n) is 2.74. The zero-order chi connectivity index (χ0) is 10.6. The number of halogens is 1. The number of amides is 1. The molecule has 0 aliphatic rings. The highest BCUT2D eigenvalue weighted by Gasteiger charge is 2.09. The molecule has 0 unspecified atom stereocenters. The number of carbonyl (C=O) groups excluding carboxylic acids is 1. The number of carbonyl (C=O) groups is 1. The van der Waals surface area contributed by atoms with E-state index in [0.29, 0.717) is 6.42 Å². The third-order valence-corrected chi connectivity index (χ3v) is 1.89. The normalized spacial score (nSPS) is 9.64. The van der Waals surface area contributed by atoms with Crippen molar-refractivity contribution in [2.45, 2.75) is 13.3 Å². The van der Waals surface area contributed by atoms with Gasteiger partial charge in [-0.25, -0.2) is 9.18 Å². The quantitative estimate of drug-likeness (QED) is 0.791. The summed E-state index contributed by atoms with van der Waals surface area (Å²) >= 11 is 0. The molecule has 0 bridgehead atoms. The summed E-state index contributed by atoms with van der Waals surface area (Å²) in [4.78, 5) is 10.9. The second kappa shape index (κ2) is 4.60. The van der Waals surface area contributed by atoms with Crippen molar-refractivity contribution in [1.29, 1.82) is 0 Å². The maximum atomic E-state index is 13.3. The molecule has 3 nitrogen and oxygen atoms in total. The van der Waals surface area contributed by atoms with Crippen LogP contribution in [0.5, 0.6) is 0 Å². The minimum Gasteiger partial charge on any atom is -0.453 e. The van der Waals surface area contributed by atoms with E-state index in [1.165, 1.54) is 13.2 Å². The highest BCUT2D eigenvalue weighted by molar-refractivity contribution is 5.85. The molecule has 14 heavy (non-hydrogen) atoms. The van der Waals surface area contributed by atoms with Crippen molar-refractivity contribution in [3.8, 4) is 0 Å². The molecule has 1 aromatic rings. The Morgan fingerprint density at radius 1 is 1.57 bits per heavy atom. The molecule has 1 rings (SSSR count). The number of para-hydroxylation sites is 1. The number of nitrogens with one attached hydrogen (secondary N) is 1. The average molecular weight is 197 g/mol. The van der Waals surface area contributed by atoms with Crippen molar-refractivity contribution in [1.82, 2.24) is 0 Å². The Bertz CT molecular complexity index is 339.